The fourth-order valence-corrected chi connectivity index (χ4v) is 9.02. The minimum absolute atomic E-state index is 0.116. The minimum Gasteiger partial charge on any atom is -0.462 e. The molecule has 0 amide bonds. The van der Waals surface area contributed by atoms with Crippen molar-refractivity contribution in [3.63, 3.8) is 0 Å². The number of esters is 4. The molecule has 12 nitrogen and oxygen atoms in total. The van der Waals surface area contributed by atoms with E-state index in [-0.39, 0.29) is 97.1 Å². The molecule has 0 spiro atoms. The van der Waals surface area contributed by atoms with Crippen molar-refractivity contribution < 1.29 is 57.1 Å². The van der Waals surface area contributed by atoms with Crippen LogP contribution in [0, 0.1) is 23.7 Å². The van der Waals surface area contributed by atoms with Crippen molar-refractivity contribution >= 4 is 23.9 Å². The molecular weight excluding hydrogens is 708 g/mol. The molecule has 16 atom stereocenters. The van der Waals surface area contributed by atoms with Gasteiger partial charge in [0.1, 0.15) is 24.4 Å². The van der Waals surface area contributed by atoms with Crippen LogP contribution in [-0.2, 0) is 57.1 Å². The molecule has 0 N–H and O–H groups in total. The van der Waals surface area contributed by atoms with Crippen LogP contribution in [0.25, 0.3) is 0 Å². The van der Waals surface area contributed by atoms with Gasteiger partial charge in [0.2, 0.25) is 0 Å². The summed E-state index contributed by atoms with van der Waals surface area (Å²) in [6, 6.07) is 0. The quantitative estimate of drug-likeness (QED) is 0.211. The zero-order chi connectivity index (χ0) is 39.8. The van der Waals surface area contributed by atoms with Crippen LogP contribution < -0.4 is 0 Å². The van der Waals surface area contributed by atoms with Gasteiger partial charge in [-0.25, -0.2) is 0 Å². The maximum atomic E-state index is 13.4. The Bertz CT molecular complexity index is 1270. The van der Waals surface area contributed by atoms with Crippen molar-refractivity contribution in [2.75, 3.05) is 0 Å². The highest BCUT2D eigenvalue weighted by atomic mass is 16.6. The third kappa shape index (κ3) is 11.9. The van der Waals surface area contributed by atoms with E-state index in [0.29, 0.717) is 44.9 Å². The molecule has 0 radical (unpaired) electrons. The van der Waals surface area contributed by atoms with Crippen LogP contribution in [0.15, 0.2) is 0 Å². The van der Waals surface area contributed by atoms with Crippen molar-refractivity contribution in [1.82, 2.24) is 0 Å². The molecule has 0 aliphatic carbocycles. The lowest BCUT2D eigenvalue weighted by Gasteiger charge is -2.27. The first-order valence-electron chi connectivity index (χ1n) is 21.7. The molecule has 5 heterocycles. The van der Waals surface area contributed by atoms with Gasteiger partial charge in [-0.05, 0) is 105 Å². The molecule has 5 saturated heterocycles. The molecular formula is C43H70O12. The van der Waals surface area contributed by atoms with Crippen LogP contribution in [-0.4, -0.2) is 97.1 Å². The van der Waals surface area contributed by atoms with Crippen molar-refractivity contribution in [2.24, 2.45) is 23.7 Å². The van der Waals surface area contributed by atoms with Crippen LogP contribution in [0.1, 0.15) is 152 Å². The largest absolute Gasteiger partial charge is 0.462 e. The van der Waals surface area contributed by atoms with E-state index in [1.54, 1.807) is 0 Å². The molecule has 0 saturated carbocycles. The van der Waals surface area contributed by atoms with Crippen LogP contribution in [0.2, 0.25) is 0 Å². The average molecular weight is 779 g/mol. The first kappa shape index (κ1) is 43.8. The van der Waals surface area contributed by atoms with Crippen molar-refractivity contribution in [1.29, 1.82) is 0 Å². The third-order valence-corrected chi connectivity index (χ3v) is 13.0. The SMILES string of the molecule is CC[C@@H]1C[C@@H]2CC[C@@H](O2)[C@@H](C)C(=O)O[C@H](CC)C[C@H]2CC[C@H](O2)[C@H](C)C(=O)O[C@H](C)C[C@@H]2CC[C@@H](O2)[C@@H](C)C(=O)O[C@H](CC)C[C@H]2CC[C@H](O2)[C@H](C)C(=O)O1. The Morgan fingerprint density at radius 3 is 0.909 bits per heavy atom. The summed E-state index contributed by atoms with van der Waals surface area (Å²) < 4.78 is 49.3. The predicted octanol–water partition coefficient (Wildman–Crippen LogP) is 7.19. The summed E-state index contributed by atoms with van der Waals surface area (Å²) >= 11 is 0. The fourth-order valence-electron chi connectivity index (χ4n) is 9.02. The molecule has 8 bridgehead atoms. The first-order valence-corrected chi connectivity index (χ1v) is 21.7. The highest BCUT2D eigenvalue weighted by Crippen LogP contribution is 2.35. The topological polar surface area (TPSA) is 142 Å². The summed E-state index contributed by atoms with van der Waals surface area (Å²) in [6.07, 6.45) is 7.47. The van der Waals surface area contributed by atoms with Gasteiger partial charge >= 0.3 is 23.9 Å². The molecule has 314 valence electrons. The number of hydrogen-bond acceptors (Lipinski definition) is 12. The van der Waals surface area contributed by atoms with Gasteiger partial charge in [0.15, 0.2) is 0 Å². The Hall–Kier alpha value is -2.28. The van der Waals surface area contributed by atoms with E-state index in [0.717, 1.165) is 51.4 Å². The first-order chi connectivity index (χ1) is 26.3. The maximum Gasteiger partial charge on any atom is 0.311 e. The lowest BCUT2D eigenvalue weighted by atomic mass is 9.99. The van der Waals surface area contributed by atoms with E-state index in [2.05, 4.69) is 0 Å². The van der Waals surface area contributed by atoms with Gasteiger partial charge in [-0.3, -0.25) is 19.2 Å². The highest BCUT2D eigenvalue weighted by Gasteiger charge is 2.41. The second-order valence-electron chi connectivity index (χ2n) is 17.2. The summed E-state index contributed by atoms with van der Waals surface area (Å²) in [7, 11) is 0. The fraction of sp³-hybridized carbons (Fsp3) is 0.907. The van der Waals surface area contributed by atoms with Crippen LogP contribution >= 0.6 is 0 Å². The number of carbonyl (C=O) groups excluding carboxylic acids is 4. The van der Waals surface area contributed by atoms with Gasteiger partial charge in [-0.1, -0.05) is 20.8 Å². The van der Waals surface area contributed by atoms with E-state index >= 15 is 0 Å². The monoisotopic (exact) mass is 778 g/mol. The molecule has 55 heavy (non-hydrogen) atoms. The number of carbonyl (C=O) groups is 4. The smallest absolute Gasteiger partial charge is 0.311 e. The van der Waals surface area contributed by atoms with Gasteiger partial charge < -0.3 is 37.9 Å². The average Bonchev–Trinajstić information content (AvgIpc) is 4.01. The van der Waals surface area contributed by atoms with Gasteiger partial charge in [0.05, 0.1) is 72.5 Å². The van der Waals surface area contributed by atoms with E-state index in [1.165, 1.54) is 0 Å². The van der Waals surface area contributed by atoms with E-state index in [1.807, 2.05) is 55.4 Å². The minimum atomic E-state index is -0.435. The van der Waals surface area contributed by atoms with Crippen LogP contribution in [0.5, 0.6) is 0 Å². The van der Waals surface area contributed by atoms with Gasteiger partial charge in [0.25, 0.3) is 0 Å². The van der Waals surface area contributed by atoms with Crippen LogP contribution in [0.3, 0.4) is 0 Å². The number of ether oxygens (including phenoxy) is 8. The standard InChI is InChI=1S/C43H70O12/c1-9-29-21-33-13-17-36(50-33)25(5)40(44)48-24(4)20-32-12-16-37(49-32)26(6)41(45)53-30(10-2)22-34-14-18-39(51-34)28(8)43(47)55-31(11-3)23-35-15-19-38(52-35)27(7)42(46)54-29/h24-39H,9-23H2,1-8H3/t24-,25+,26-,27-,28+,29-,30-,31-,32+,33-,34-,35+,36+,37-,38-,39+/m1/s1. The summed E-state index contributed by atoms with van der Waals surface area (Å²) in [5, 5.41) is 0. The molecule has 12 heteroatoms. The molecule has 5 fully saturated rings. The molecule has 5 rings (SSSR count). The second kappa shape index (κ2) is 20.4. The molecule has 0 aromatic rings. The number of rotatable bonds is 3. The Labute approximate surface area is 329 Å². The van der Waals surface area contributed by atoms with E-state index < -0.39 is 23.7 Å². The lowest BCUT2D eigenvalue weighted by Crippen LogP contribution is -2.34. The lowest BCUT2D eigenvalue weighted by molar-refractivity contribution is -0.162. The number of cyclic esters (lactones) is 4. The predicted molar refractivity (Wildman–Crippen MR) is 203 cm³/mol. The van der Waals surface area contributed by atoms with E-state index in [9.17, 15) is 19.2 Å². The van der Waals surface area contributed by atoms with Crippen LogP contribution in [0.4, 0.5) is 0 Å². The summed E-state index contributed by atoms with van der Waals surface area (Å²) in [4.78, 5) is 53.2. The summed E-state index contributed by atoms with van der Waals surface area (Å²) in [5.41, 5.74) is 0. The second-order valence-corrected chi connectivity index (χ2v) is 17.2. The molecule has 0 aromatic carbocycles. The normalized spacial score (nSPS) is 43.4. The molecule has 0 unspecified atom stereocenters. The Morgan fingerprint density at radius 1 is 0.382 bits per heavy atom. The summed E-state index contributed by atoms with van der Waals surface area (Å²) in [6.45, 7) is 15.3. The Morgan fingerprint density at radius 2 is 0.636 bits per heavy atom. The van der Waals surface area contributed by atoms with Crippen molar-refractivity contribution in [2.45, 2.75) is 225 Å². The summed E-state index contributed by atoms with van der Waals surface area (Å²) in [5.74, 6) is -2.86. The third-order valence-electron chi connectivity index (χ3n) is 13.0. The highest BCUT2D eigenvalue weighted by molar-refractivity contribution is 5.74. The molecule has 0 aromatic heterocycles. The Balaban J connectivity index is 1.23. The zero-order valence-corrected chi connectivity index (χ0v) is 34.7. The van der Waals surface area contributed by atoms with Crippen molar-refractivity contribution in [3.05, 3.63) is 0 Å². The zero-order valence-electron chi connectivity index (χ0n) is 34.7. The van der Waals surface area contributed by atoms with Gasteiger partial charge in [-0.2, -0.15) is 0 Å². The maximum absolute atomic E-state index is 13.4. The van der Waals surface area contributed by atoms with E-state index in [4.69, 9.17) is 37.9 Å². The molecule has 5 aliphatic rings. The number of hydrogen-bond donors (Lipinski definition) is 0. The molecule has 5 aliphatic heterocycles. The number of fused-ring (bicyclic) bond motifs is 8. The van der Waals surface area contributed by atoms with Gasteiger partial charge in [-0.15, -0.1) is 0 Å². The Kier molecular flexibility index (Phi) is 16.3. The van der Waals surface area contributed by atoms with Crippen molar-refractivity contribution in [3.8, 4) is 0 Å². The van der Waals surface area contributed by atoms with Gasteiger partial charge in [0, 0.05) is 25.7 Å².